The maximum absolute atomic E-state index is 13.4. The Labute approximate surface area is 335 Å². The van der Waals surface area contributed by atoms with Crippen LogP contribution in [0.25, 0.3) is 11.3 Å². The van der Waals surface area contributed by atoms with E-state index in [0.717, 1.165) is 74.1 Å². The number of ether oxygens (including phenoxy) is 1. The first-order valence-corrected chi connectivity index (χ1v) is 19.5. The van der Waals surface area contributed by atoms with E-state index in [2.05, 4.69) is 40.3 Å². The Morgan fingerprint density at radius 2 is 1.60 bits per heavy atom. The number of alkyl halides is 3. The number of pyridine rings is 1. The van der Waals surface area contributed by atoms with Gasteiger partial charge in [-0.2, -0.15) is 5.10 Å². The van der Waals surface area contributed by atoms with Gasteiger partial charge < -0.3 is 19.9 Å². The molecule has 5 aliphatic rings. The molecule has 15 nitrogen and oxygen atoms in total. The molecule has 4 atom stereocenters. The van der Waals surface area contributed by atoms with E-state index in [4.69, 9.17) is 16.6 Å². The van der Waals surface area contributed by atoms with E-state index in [9.17, 15) is 32.8 Å². The van der Waals surface area contributed by atoms with Gasteiger partial charge in [0.15, 0.2) is 0 Å². The van der Waals surface area contributed by atoms with Gasteiger partial charge in [-0.25, -0.2) is 4.98 Å². The molecule has 4 fully saturated rings. The molecule has 6 heterocycles. The number of aromatic nitrogens is 3. The quantitative estimate of drug-likeness (QED) is 0.162. The number of H-pyrrole nitrogens is 1. The number of halogens is 3. The predicted molar refractivity (Wildman–Crippen MR) is 207 cm³/mol. The molecular weight excluding hydrogens is 776 g/mol. The van der Waals surface area contributed by atoms with Crippen LogP contribution < -0.4 is 25.2 Å². The summed E-state index contributed by atoms with van der Waals surface area (Å²) in [4.78, 5) is 76.8. The number of amides is 5. The van der Waals surface area contributed by atoms with Crippen LogP contribution >= 0.6 is 11.6 Å². The number of rotatable bonds is 9. The zero-order valence-electron chi connectivity index (χ0n) is 31.0. The summed E-state index contributed by atoms with van der Waals surface area (Å²) in [6.45, 7) is 4.88. The molecule has 2 aromatic heterocycles. The number of fused-ring (bicyclic) bond motifs is 2. The Kier molecular flexibility index (Phi) is 9.59. The molecule has 0 bridgehead atoms. The number of benzene rings is 2. The van der Waals surface area contributed by atoms with Crippen molar-refractivity contribution in [3.63, 3.8) is 0 Å². The summed E-state index contributed by atoms with van der Waals surface area (Å²) in [7, 11) is 0. The van der Waals surface area contributed by atoms with Crippen LogP contribution in [0.1, 0.15) is 56.8 Å². The third-order valence-electron chi connectivity index (χ3n) is 11.9. The summed E-state index contributed by atoms with van der Waals surface area (Å²) < 4.78 is 30.3. The first-order chi connectivity index (χ1) is 27.9. The minimum atomic E-state index is -3.84. The molecule has 9 rings (SSSR count). The summed E-state index contributed by atoms with van der Waals surface area (Å²) >= 11 is 4.84. The van der Waals surface area contributed by atoms with Gasteiger partial charge in [0.2, 0.25) is 11.8 Å². The zero-order chi connectivity index (χ0) is 40.3. The Balaban J connectivity index is 0.809. The molecule has 0 spiro atoms. The number of hydrogen-bond donors (Lipinski definition) is 3. The monoisotopic (exact) mass is 813 g/mol. The molecule has 18 heteroatoms. The average molecular weight is 814 g/mol. The highest BCUT2D eigenvalue weighted by Gasteiger charge is 2.46. The van der Waals surface area contributed by atoms with Gasteiger partial charge in [0.1, 0.15) is 17.6 Å². The SMILES string of the molecule is O=C1CCC(N2C(=O)c3ccc(N4C[C@H]5CC(N6CCN(c7ncc(C(=O)Nc8ccc(OC(F)(F)Cl)cc8)cc7-c7ccn[nH]7)CC6)C[C@H]5C4)cc3C2=O)C(=O)N1. The van der Waals surface area contributed by atoms with E-state index in [0.29, 0.717) is 40.4 Å². The number of aromatic amines is 1. The second kappa shape index (κ2) is 14.8. The van der Waals surface area contributed by atoms with Crippen molar-refractivity contribution in [2.45, 2.75) is 43.3 Å². The van der Waals surface area contributed by atoms with Crippen LogP contribution in [0.4, 0.5) is 26.0 Å². The molecule has 5 amide bonds. The smallest absolute Gasteiger partial charge is 0.420 e. The molecular formula is C40H38ClF2N9O6. The van der Waals surface area contributed by atoms with E-state index >= 15 is 0 Å². The Bertz CT molecular complexity index is 2280. The summed E-state index contributed by atoms with van der Waals surface area (Å²) in [6.07, 6.45) is 5.47. The summed E-state index contributed by atoms with van der Waals surface area (Å²) in [6, 6.07) is 13.8. The van der Waals surface area contributed by atoms with Crippen LogP contribution in [0.5, 0.6) is 5.75 Å². The van der Waals surface area contributed by atoms with Crippen LogP contribution in [0, 0.1) is 11.8 Å². The minimum absolute atomic E-state index is 0.0755. The predicted octanol–water partition coefficient (Wildman–Crippen LogP) is 4.33. The van der Waals surface area contributed by atoms with Gasteiger partial charge in [0, 0.05) is 92.7 Å². The van der Waals surface area contributed by atoms with Gasteiger partial charge in [-0.1, -0.05) is 0 Å². The average Bonchev–Trinajstić information content (AvgIpc) is 4.00. The highest BCUT2D eigenvalue weighted by Crippen LogP contribution is 2.43. The fourth-order valence-corrected chi connectivity index (χ4v) is 9.20. The first-order valence-electron chi connectivity index (χ1n) is 19.1. The van der Waals surface area contributed by atoms with E-state index in [1.165, 1.54) is 30.5 Å². The van der Waals surface area contributed by atoms with Crippen molar-refractivity contribution in [2.24, 2.45) is 11.8 Å². The number of carbonyl (C=O) groups excluding carboxylic acids is 5. The van der Waals surface area contributed by atoms with Crippen LogP contribution in [-0.4, -0.2) is 111 Å². The van der Waals surface area contributed by atoms with Gasteiger partial charge in [0.05, 0.1) is 22.4 Å². The van der Waals surface area contributed by atoms with Crippen molar-refractivity contribution >= 4 is 58.3 Å². The molecule has 4 aliphatic heterocycles. The van der Waals surface area contributed by atoms with Gasteiger partial charge in [0.25, 0.3) is 17.7 Å². The lowest BCUT2D eigenvalue weighted by Crippen LogP contribution is -2.54. The second-order valence-electron chi connectivity index (χ2n) is 15.3. The normalized spacial score (nSPS) is 23.6. The zero-order valence-corrected chi connectivity index (χ0v) is 31.8. The minimum Gasteiger partial charge on any atom is -0.420 e. The topological polar surface area (TPSA) is 173 Å². The first kappa shape index (κ1) is 37.6. The number of hydrogen-bond acceptors (Lipinski definition) is 11. The molecule has 58 heavy (non-hydrogen) atoms. The van der Waals surface area contributed by atoms with Crippen molar-refractivity contribution in [1.29, 1.82) is 0 Å². The molecule has 2 aromatic carbocycles. The maximum atomic E-state index is 13.4. The molecule has 3 N–H and O–H groups in total. The number of piperazine rings is 1. The third kappa shape index (κ3) is 7.23. The molecule has 1 saturated carbocycles. The fourth-order valence-electron chi connectivity index (χ4n) is 9.11. The molecule has 300 valence electrons. The summed E-state index contributed by atoms with van der Waals surface area (Å²) in [5.41, 5.74) is -0.270. The largest absolute Gasteiger partial charge is 0.487 e. The molecule has 2 unspecified atom stereocenters. The van der Waals surface area contributed by atoms with Gasteiger partial charge >= 0.3 is 5.57 Å². The van der Waals surface area contributed by atoms with E-state index in [1.807, 2.05) is 12.1 Å². The Morgan fingerprint density at radius 1 is 0.879 bits per heavy atom. The molecule has 4 aromatic rings. The highest BCUT2D eigenvalue weighted by atomic mass is 35.5. The summed E-state index contributed by atoms with van der Waals surface area (Å²) in [5.74, 6) is -0.900. The van der Waals surface area contributed by atoms with E-state index < -0.39 is 41.1 Å². The standard InChI is InChI=1S/C40H38ClF2N9O6/c41-40(42,43)58-28-4-1-25(2-5-28)46-36(54)22-17-31(32-9-10-45-48-32)35(44-19-22)50-13-11-49(12-14-50)27-15-23-20-51(21-24(23)16-27)26-3-6-29-30(18-26)39(57)52(38(29)56)33-7-8-34(53)47-37(33)55/h1-6,9-10,17-19,23-24,27,33H,7-8,11-16,20-21H2,(H,45,48)(H,46,54)(H,47,53,55)/t23-,24+,27?,33?. The van der Waals surface area contributed by atoms with Gasteiger partial charge in [-0.05, 0) is 85.7 Å². The van der Waals surface area contributed by atoms with Crippen molar-refractivity contribution in [2.75, 3.05) is 54.4 Å². The molecule has 0 radical (unpaired) electrons. The third-order valence-corrected chi connectivity index (χ3v) is 12.0. The second-order valence-corrected chi connectivity index (χ2v) is 15.8. The van der Waals surface area contributed by atoms with E-state index in [-0.39, 0.29) is 24.2 Å². The van der Waals surface area contributed by atoms with Crippen molar-refractivity contribution < 1.29 is 37.5 Å². The van der Waals surface area contributed by atoms with Crippen LogP contribution in [-0.2, 0) is 9.59 Å². The van der Waals surface area contributed by atoms with Crippen molar-refractivity contribution in [3.8, 4) is 17.0 Å². The van der Waals surface area contributed by atoms with Crippen LogP contribution in [0.15, 0.2) is 67.0 Å². The number of nitrogens with one attached hydrogen (secondary N) is 3. The van der Waals surface area contributed by atoms with Crippen molar-refractivity contribution in [3.05, 3.63) is 83.7 Å². The van der Waals surface area contributed by atoms with Gasteiger partial charge in [-0.3, -0.25) is 44.2 Å². The number of nitrogens with zero attached hydrogens (tertiary/aromatic N) is 6. The lowest BCUT2D eigenvalue weighted by atomic mass is 10.0. The lowest BCUT2D eigenvalue weighted by molar-refractivity contribution is -0.136. The van der Waals surface area contributed by atoms with Crippen LogP contribution in [0.2, 0.25) is 0 Å². The van der Waals surface area contributed by atoms with Crippen molar-refractivity contribution in [1.82, 2.24) is 30.3 Å². The molecule has 1 aliphatic carbocycles. The fraction of sp³-hybridized carbons (Fsp3) is 0.375. The lowest BCUT2D eigenvalue weighted by Gasteiger charge is -2.39. The number of imide groups is 2. The summed E-state index contributed by atoms with van der Waals surface area (Å²) in [5, 5.41) is 12.1. The number of piperidine rings is 1. The number of anilines is 3. The highest BCUT2D eigenvalue weighted by molar-refractivity contribution is 6.24. The maximum Gasteiger partial charge on any atom is 0.487 e. The van der Waals surface area contributed by atoms with Gasteiger partial charge in [-0.15, -0.1) is 8.78 Å². The molecule has 3 saturated heterocycles. The Hall–Kier alpha value is -5.94. The number of carbonyl (C=O) groups is 5. The van der Waals surface area contributed by atoms with Crippen LogP contribution in [0.3, 0.4) is 0 Å². The van der Waals surface area contributed by atoms with E-state index in [1.54, 1.807) is 24.4 Å². The Morgan fingerprint density at radius 3 is 2.28 bits per heavy atom.